The fraction of sp³-hybridized carbons (Fsp3) is 0.600. The van der Waals surface area contributed by atoms with Gasteiger partial charge >= 0.3 is 0 Å². The molecule has 19 heavy (non-hydrogen) atoms. The van der Waals surface area contributed by atoms with Crippen molar-refractivity contribution >= 4 is 5.69 Å². The third kappa shape index (κ3) is 3.01. The zero-order valence-electron chi connectivity index (χ0n) is 12.0. The number of aliphatic hydroxyl groups is 1. The van der Waals surface area contributed by atoms with Gasteiger partial charge < -0.3 is 20.1 Å². The SMILES string of the molecule is COc1ccc(N2C(CO)CNCCC2(C)C)cc1. The van der Waals surface area contributed by atoms with E-state index in [0.29, 0.717) is 0 Å². The molecule has 1 heterocycles. The van der Waals surface area contributed by atoms with Gasteiger partial charge in [-0.15, -0.1) is 0 Å². The minimum Gasteiger partial charge on any atom is -0.497 e. The van der Waals surface area contributed by atoms with E-state index < -0.39 is 0 Å². The number of nitrogens with one attached hydrogen (secondary N) is 1. The Bertz CT molecular complexity index is 403. The van der Waals surface area contributed by atoms with Crippen molar-refractivity contribution in [2.75, 3.05) is 31.7 Å². The van der Waals surface area contributed by atoms with E-state index in [0.717, 1.165) is 30.9 Å². The van der Waals surface area contributed by atoms with Crippen LogP contribution < -0.4 is 15.0 Å². The lowest BCUT2D eigenvalue weighted by Gasteiger charge is -2.43. The molecule has 0 saturated carbocycles. The molecule has 1 aliphatic rings. The Balaban J connectivity index is 2.34. The van der Waals surface area contributed by atoms with Crippen LogP contribution in [0.25, 0.3) is 0 Å². The van der Waals surface area contributed by atoms with Crippen LogP contribution in [-0.4, -0.2) is 43.5 Å². The molecule has 0 amide bonds. The van der Waals surface area contributed by atoms with Crippen LogP contribution in [0, 0.1) is 0 Å². The van der Waals surface area contributed by atoms with Crippen molar-refractivity contribution in [3.8, 4) is 5.75 Å². The first-order valence-corrected chi connectivity index (χ1v) is 6.83. The van der Waals surface area contributed by atoms with Crippen LogP contribution in [0.1, 0.15) is 20.3 Å². The van der Waals surface area contributed by atoms with Crippen molar-refractivity contribution in [3.05, 3.63) is 24.3 Å². The van der Waals surface area contributed by atoms with Gasteiger partial charge in [0.25, 0.3) is 0 Å². The van der Waals surface area contributed by atoms with Gasteiger partial charge in [-0.3, -0.25) is 0 Å². The maximum absolute atomic E-state index is 9.67. The highest BCUT2D eigenvalue weighted by molar-refractivity contribution is 5.52. The first-order chi connectivity index (χ1) is 9.08. The minimum absolute atomic E-state index is 0.0193. The number of rotatable bonds is 3. The number of hydrogen-bond acceptors (Lipinski definition) is 4. The van der Waals surface area contributed by atoms with Gasteiger partial charge in [-0.2, -0.15) is 0 Å². The van der Waals surface area contributed by atoms with Crippen LogP contribution in [0.2, 0.25) is 0 Å². The standard InChI is InChI=1S/C15H24N2O2/c1-15(2)8-9-16-10-13(11-18)17(15)12-4-6-14(19-3)7-5-12/h4-7,13,16,18H,8-11H2,1-3H3. The van der Waals surface area contributed by atoms with E-state index in [-0.39, 0.29) is 18.2 Å². The van der Waals surface area contributed by atoms with Gasteiger partial charge in [-0.1, -0.05) is 0 Å². The third-order valence-electron chi connectivity index (χ3n) is 3.87. The van der Waals surface area contributed by atoms with Crippen molar-refractivity contribution < 1.29 is 9.84 Å². The highest BCUT2D eigenvalue weighted by Gasteiger charge is 2.34. The highest BCUT2D eigenvalue weighted by atomic mass is 16.5. The first-order valence-electron chi connectivity index (χ1n) is 6.83. The van der Waals surface area contributed by atoms with Gasteiger partial charge in [-0.05, 0) is 51.1 Å². The topological polar surface area (TPSA) is 44.7 Å². The van der Waals surface area contributed by atoms with Crippen molar-refractivity contribution in [2.24, 2.45) is 0 Å². The molecule has 0 spiro atoms. The Morgan fingerprint density at radius 2 is 2.05 bits per heavy atom. The van der Waals surface area contributed by atoms with Crippen molar-refractivity contribution in [2.45, 2.75) is 31.8 Å². The molecule has 0 radical (unpaired) electrons. The van der Waals surface area contributed by atoms with Crippen LogP contribution >= 0.6 is 0 Å². The molecule has 4 heteroatoms. The molecule has 1 aliphatic heterocycles. The van der Waals surface area contributed by atoms with E-state index in [4.69, 9.17) is 4.74 Å². The summed E-state index contributed by atoms with van der Waals surface area (Å²) in [4.78, 5) is 2.33. The monoisotopic (exact) mass is 264 g/mol. The van der Waals surface area contributed by atoms with Gasteiger partial charge in [0.15, 0.2) is 0 Å². The van der Waals surface area contributed by atoms with E-state index >= 15 is 0 Å². The van der Waals surface area contributed by atoms with Gasteiger partial charge in [0.05, 0.1) is 19.8 Å². The summed E-state index contributed by atoms with van der Waals surface area (Å²) in [6.45, 7) is 6.41. The number of hydrogen-bond donors (Lipinski definition) is 2. The number of anilines is 1. The average molecular weight is 264 g/mol. The van der Waals surface area contributed by atoms with Crippen LogP contribution in [0.15, 0.2) is 24.3 Å². The molecule has 1 fully saturated rings. The second-order valence-corrected chi connectivity index (χ2v) is 5.67. The molecular formula is C15H24N2O2. The summed E-state index contributed by atoms with van der Waals surface area (Å²) in [7, 11) is 1.67. The van der Waals surface area contributed by atoms with Crippen molar-refractivity contribution in [3.63, 3.8) is 0 Å². The van der Waals surface area contributed by atoms with Crippen LogP contribution in [0.3, 0.4) is 0 Å². The van der Waals surface area contributed by atoms with E-state index in [1.54, 1.807) is 7.11 Å². The molecule has 1 aromatic rings. The Kier molecular flexibility index (Phi) is 4.32. The van der Waals surface area contributed by atoms with Crippen molar-refractivity contribution in [1.82, 2.24) is 5.32 Å². The molecule has 0 aliphatic carbocycles. The molecule has 1 unspecified atom stereocenters. The fourth-order valence-electron chi connectivity index (χ4n) is 2.82. The van der Waals surface area contributed by atoms with E-state index in [9.17, 15) is 5.11 Å². The summed E-state index contributed by atoms with van der Waals surface area (Å²) >= 11 is 0. The summed E-state index contributed by atoms with van der Waals surface area (Å²) in [6, 6.07) is 8.17. The molecule has 2 rings (SSSR count). The number of ether oxygens (including phenoxy) is 1. The molecule has 1 atom stereocenters. The van der Waals surface area contributed by atoms with E-state index in [2.05, 4.69) is 36.2 Å². The molecule has 1 saturated heterocycles. The van der Waals surface area contributed by atoms with Crippen LogP contribution in [-0.2, 0) is 0 Å². The molecule has 106 valence electrons. The Hall–Kier alpha value is -1.26. The summed E-state index contributed by atoms with van der Waals surface area (Å²) in [5.41, 5.74) is 1.15. The van der Waals surface area contributed by atoms with E-state index in [1.165, 1.54) is 0 Å². The number of benzene rings is 1. The molecule has 0 aromatic heterocycles. The molecule has 4 nitrogen and oxygen atoms in total. The summed E-state index contributed by atoms with van der Waals surface area (Å²) in [5, 5.41) is 13.1. The quantitative estimate of drug-likeness (QED) is 0.871. The predicted octanol–water partition coefficient (Wildman–Crippen LogP) is 1.63. The predicted molar refractivity (Wildman–Crippen MR) is 77.9 cm³/mol. The second-order valence-electron chi connectivity index (χ2n) is 5.67. The minimum atomic E-state index is 0.0193. The largest absolute Gasteiger partial charge is 0.497 e. The lowest BCUT2D eigenvalue weighted by Crippen LogP contribution is -2.52. The smallest absolute Gasteiger partial charge is 0.119 e. The maximum Gasteiger partial charge on any atom is 0.119 e. The lowest BCUT2D eigenvalue weighted by atomic mass is 9.96. The fourth-order valence-corrected chi connectivity index (χ4v) is 2.82. The molecule has 1 aromatic carbocycles. The molecule has 2 N–H and O–H groups in total. The van der Waals surface area contributed by atoms with Gasteiger partial charge in [0.2, 0.25) is 0 Å². The summed E-state index contributed by atoms with van der Waals surface area (Å²) in [5.74, 6) is 0.857. The normalized spacial score (nSPS) is 22.9. The number of aliphatic hydroxyl groups excluding tert-OH is 1. The van der Waals surface area contributed by atoms with Gasteiger partial charge in [-0.25, -0.2) is 0 Å². The van der Waals surface area contributed by atoms with Crippen LogP contribution in [0.5, 0.6) is 5.75 Å². The summed E-state index contributed by atoms with van der Waals surface area (Å²) < 4.78 is 5.21. The molecular weight excluding hydrogens is 240 g/mol. The Morgan fingerprint density at radius 1 is 1.37 bits per heavy atom. The Morgan fingerprint density at radius 3 is 2.63 bits per heavy atom. The highest BCUT2D eigenvalue weighted by Crippen LogP contribution is 2.31. The second kappa shape index (κ2) is 5.80. The van der Waals surface area contributed by atoms with E-state index in [1.807, 2.05) is 12.1 Å². The van der Waals surface area contributed by atoms with Gasteiger partial charge in [0.1, 0.15) is 5.75 Å². The molecule has 0 bridgehead atoms. The number of nitrogens with zero attached hydrogens (tertiary/aromatic N) is 1. The maximum atomic E-state index is 9.67. The Labute approximate surface area is 115 Å². The average Bonchev–Trinajstić information content (AvgIpc) is 2.56. The van der Waals surface area contributed by atoms with Crippen LogP contribution in [0.4, 0.5) is 5.69 Å². The lowest BCUT2D eigenvalue weighted by molar-refractivity contribution is 0.245. The zero-order chi connectivity index (χ0) is 13.9. The van der Waals surface area contributed by atoms with Gasteiger partial charge in [0, 0.05) is 17.8 Å². The third-order valence-corrected chi connectivity index (χ3v) is 3.87. The number of methoxy groups -OCH3 is 1. The first kappa shape index (κ1) is 14.2. The zero-order valence-corrected chi connectivity index (χ0v) is 12.0. The summed E-state index contributed by atoms with van der Waals surface area (Å²) in [6.07, 6.45) is 1.05. The van der Waals surface area contributed by atoms with Crippen molar-refractivity contribution in [1.29, 1.82) is 0 Å².